The molecule has 0 aliphatic carbocycles. The summed E-state index contributed by atoms with van der Waals surface area (Å²) in [6, 6.07) is 7.15. The van der Waals surface area contributed by atoms with Crippen LogP contribution in [0, 0.1) is 0 Å². The highest BCUT2D eigenvalue weighted by atomic mass is 19.4. The molecule has 2 aliphatic rings. The molecule has 0 spiro atoms. The van der Waals surface area contributed by atoms with E-state index in [4.69, 9.17) is 0 Å². The van der Waals surface area contributed by atoms with E-state index in [2.05, 4.69) is 57.6 Å². The predicted molar refractivity (Wildman–Crippen MR) is 146 cm³/mol. The molecule has 38 heavy (non-hydrogen) atoms. The number of piperazine rings is 2. The molecule has 0 unspecified atom stereocenters. The number of aldehydes is 1. The van der Waals surface area contributed by atoms with E-state index in [0.29, 0.717) is 30.0 Å². The molecule has 2 aromatic rings. The molecule has 1 N–H and O–H groups in total. The van der Waals surface area contributed by atoms with Gasteiger partial charge in [0.2, 0.25) is 0 Å². The van der Waals surface area contributed by atoms with Crippen LogP contribution in [0.1, 0.15) is 49.2 Å². The Hall–Kier alpha value is -2.85. The van der Waals surface area contributed by atoms with E-state index < -0.39 is 11.7 Å². The summed E-state index contributed by atoms with van der Waals surface area (Å²) < 4.78 is 38.9. The second-order valence-corrected chi connectivity index (χ2v) is 10.6. The Labute approximate surface area is 223 Å². The third kappa shape index (κ3) is 6.40. The highest BCUT2D eigenvalue weighted by Crippen LogP contribution is 2.38. The van der Waals surface area contributed by atoms with Crippen molar-refractivity contribution in [3.8, 4) is 0 Å². The summed E-state index contributed by atoms with van der Waals surface area (Å²) >= 11 is 0. The van der Waals surface area contributed by atoms with E-state index in [1.165, 1.54) is 6.07 Å². The Morgan fingerprint density at radius 2 is 1.39 bits per heavy atom. The fraction of sp³-hybridized carbons (Fsp3) is 0.571. The molecular weight excluding hydrogens is 493 g/mol. The number of aromatic nitrogens is 1. The average molecular weight is 533 g/mol. The number of nitrogens with one attached hydrogen (secondary N) is 1. The summed E-state index contributed by atoms with van der Waals surface area (Å²) in [6.45, 7) is 16.2. The average Bonchev–Trinajstić information content (AvgIpc) is 2.91. The van der Waals surface area contributed by atoms with E-state index in [9.17, 15) is 18.0 Å². The maximum absolute atomic E-state index is 13.0. The highest BCUT2D eigenvalue weighted by molar-refractivity contribution is 5.93. The summed E-state index contributed by atoms with van der Waals surface area (Å²) in [4.78, 5) is 25.8. The minimum atomic E-state index is -4.42. The van der Waals surface area contributed by atoms with E-state index in [1.54, 1.807) is 0 Å². The van der Waals surface area contributed by atoms with Crippen molar-refractivity contribution < 1.29 is 18.0 Å². The van der Waals surface area contributed by atoms with Gasteiger partial charge < -0.3 is 15.1 Å². The van der Waals surface area contributed by atoms with Crippen LogP contribution >= 0.6 is 0 Å². The molecule has 0 bridgehead atoms. The van der Waals surface area contributed by atoms with Gasteiger partial charge in [-0.3, -0.25) is 14.6 Å². The number of rotatable bonds is 8. The monoisotopic (exact) mass is 532 g/mol. The molecule has 7 nitrogen and oxygen atoms in total. The van der Waals surface area contributed by atoms with Gasteiger partial charge in [-0.05, 0) is 51.5 Å². The largest absolute Gasteiger partial charge is 0.417 e. The molecule has 4 rings (SSSR count). The van der Waals surface area contributed by atoms with Gasteiger partial charge in [-0.2, -0.15) is 13.2 Å². The number of hydrogen-bond donors (Lipinski definition) is 1. The van der Waals surface area contributed by atoms with Crippen LogP contribution in [0.3, 0.4) is 0 Å². The third-order valence-corrected chi connectivity index (χ3v) is 7.67. The first-order valence-electron chi connectivity index (χ1n) is 13.4. The first-order chi connectivity index (χ1) is 18.1. The van der Waals surface area contributed by atoms with Crippen molar-refractivity contribution in [3.63, 3.8) is 0 Å². The molecule has 10 heteroatoms. The molecule has 0 saturated carbocycles. The molecule has 208 valence electrons. The van der Waals surface area contributed by atoms with E-state index in [-0.39, 0.29) is 0 Å². The number of pyridine rings is 1. The summed E-state index contributed by atoms with van der Waals surface area (Å²) in [7, 11) is 0. The molecule has 2 aliphatic heterocycles. The highest BCUT2D eigenvalue weighted by Gasteiger charge is 2.31. The number of carbonyl (C=O) groups excluding carboxylic acids is 1. The number of nitrogens with zero attached hydrogens (tertiary/aromatic N) is 5. The van der Waals surface area contributed by atoms with Gasteiger partial charge in [0.05, 0.1) is 16.9 Å². The van der Waals surface area contributed by atoms with Gasteiger partial charge in [0.25, 0.3) is 0 Å². The van der Waals surface area contributed by atoms with Crippen molar-refractivity contribution in [3.05, 3.63) is 47.2 Å². The van der Waals surface area contributed by atoms with E-state index in [0.717, 1.165) is 87.8 Å². The number of anilines is 3. The van der Waals surface area contributed by atoms with Crippen LogP contribution in [-0.2, 0) is 12.7 Å². The summed E-state index contributed by atoms with van der Waals surface area (Å²) in [5, 5.41) is 3.21. The molecule has 1 aromatic heterocycles. The van der Waals surface area contributed by atoms with Crippen molar-refractivity contribution in [1.29, 1.82) is 0 Å². The number of halogens is 3. The number of benzene rings is 1. The standard InChI is InChI=1S/C28H39F3N6O/c1-20(2)34-9-13-36(14-10-34)26-22(17-32-25-8-7-24(18-33-25)28(29,30)31)5-6-23(19-38)27(26)37-15-11-35(12-16-37)21(3)4/h5-8,18-21H,9-17H2,1-4H3,(H,32,33). The van der Waals surface area contributed by atoms with Crippen LogP contribution in [0.4, 0.5) is 30.4 Å². The number of hydrogen-bond acceptors (Lipinski definition) is 7. The Bertz CT molecular complexity index is 1070. The smallest absolute Gasteiger partial charge is 0.367 e. The fourth-order valence-corrected chi connectivity index (χ4v) is 5.34. The number of alkyl halides is 3. The van der Waals surface area contributed by atoms with Gasteiger partial charge in [-0.1, -0.05) is 6.07 Å². The van der Waals surface area contributed by atoms with Crippen molar-refractivity contribution in [2.45, 2.75) is 52.5 Å². The minimum absolute atomic E-state index is 0.375. The van der Waals surface area contributed by atoms with Crippen molar-refractivity contribution in [2.24, 2.45) is 0 Å². The molecule has 0 radical (unpaired) electrons. The lowest BCUT2D eigenvalue weighted by Gasteiger charge is -2.43. The molecular formula is C28H39F3N6O. The minimum Gasteiger partial charge on any atom is -0.367 e. The Morgan fingerprint density at radius 3 is 1.84 bits per heavy atom. The zero-order valence-electron chi connectivity index (χ0n) is 22.8. The molecule has 1 aromatic carbocycles. The van der Waals surface area contributed by atoms with Crippen LogP contribution in [-0.4, -0.2) is 85.5 Å². The SMILES string of the molecule is CC(C)N1CCN(c2c(C=O)ccc(CNc3ccc(C(F)(F)F)cn3)c2N2CCN(C(C)C)CC2)CC1. The normalized spacial score (nSPS) is 17.9. The zero-order valence-corrected chi connectivity index (χ0v) is 22.8. The molecule has 3 heterocycles. The Balaban J connectivity index is 1.64. The summed E-state index contributed by atoms with van der Waals surface area (Å²) in [6.07, 6.45) is -2.63. The molecule has 2 saturated heterocycles. The van der Waals surface area contributed by atoms with E-state index >= 15 is 0 Å². The van der Waals surface area contributed by atoms with Crippen LogP contribution in [0.15, 0.2) is 30.5 Å². The van der Waals surface area contributed by atoms with Crippen molar-refractivity contribution in [1.82, 2.24) is 14.8 Å². The van der Waals surface area contributed by atoms with Gasteiger partial charge in [0.1, 0.15) is 5.82 Å². The second kappa shape index (κ2) is 11.9. The van der Waals surface area contributed by atoms with Crippen LogP contribution < -0.4 is 15.1 Å². The summed E-state index contributed by atoms with van der Waals surface area (Å²) in [5.74, 6) is 0.375. The lowest BCUT2D eigenvalue weighted by atomic mass is 10.0. The van der Waals surface area contributed by atoms with Gasteiger partial charge in [-0.15, -0.1) is 0 Å². The predicted octanol–water partition coefficient (Wildman–Crippen LogP) is 4.59. The Morgan fingerprint density at radius 1 is 0.842 bits per heavy atom. The first kappa shape index (κ1) is 28.2. The quantitative estimate of drug-likeness (QED) is 0.500. The molecule has 2 fully saturated rings. The molecule has 0 amide bonds. The third-order valence-electron chi connectivity index (χ3n) is 7.67. The van der Waals surface area contributed by atoms with Crippen molar-refractivity contribution in [2.75, 3.05) is 67.5 Å². The van der Waals surface area contributed by atoms with Gasteiger partial charge >= 0.3 is 6.18 Å². The lowest BCUT2D eigenvalue weighted by Crippen LogP contribution is -2.51. The van der Waals surface area contributed by atoms with Crippen LogP contribution in [0.5, 0.6) is 0 Å². The summed E-state index contributed by atoms with van der Waals surface area (Å²) in [5.41, 5.74) is 2.89. The fourth-order valence-electron chi connectivity index (χ4n) is 5.34. The Kier molecular flexibility index (Phi) is 8.82. The lowest BCUT2D eigenvalue weighted by molar-refractivity contribution is -0.137. The first-order valence-corrected chi connectivity index (χ1v) is 13.4. The van der Waals surface area contributed by atoms with Gasteiger partial charge in [-0.25, -0.2) is 4.98 Å². The van der Waals surface area contributed by atoms with Gasteiger partial charge in [0, 0.05) is 82.7 Å². The van der Waals surface area contributed by atoms with E-state index in [1.807, 2.05) is 12.1 Å². The molecule has 0 atom stereocenters. The van der Waals surface area contributed by atoms with Gasteiger partial charge in [0.15, 0.2) is 6.29 Å². The maximum atomic E-state index is 13.0. The van der Waals surface area contributed by atoms with Crippen LogP contribution in [0.25, 0.3) is 0 Å². The maximum Gasteiger partial charge on any atom is 0.417 e. The topological polar surface area (TPSA) is 55.0 Å². The van der Waals surface area contributed by atoms with Crippen LogP contribution in [0.2, 0.25) is 0 Å². The number of carbonyl (C=O) groups is 1. The zero-order chi connectivity index (χ0) is 27.4. The second-order valence-electron chi connectivity index (χ2n) is 10.6. The van der Waals surface area contributed by atoms with Crippen molar-refractivity contribution >= 4 is 23.5 Å².